The van der Waals surface area contributed by atoms with Crippen molar-refractivity contribution < 1.29 is 4.74 Å². The Bertz CT molecular complexity index is 380. The summed E-state index contributed by atoms with van der Waals surface area (Å²) in [5.74, 6) is 0.864. The van der Waals surface area contributed by atoms with Gasteiger partial charge in [0.15, 0.2) is 0 Å². The van der Waals surface area contributed by atoms with E-state index in [1.54, 1.807) is 17.2 Å². The highest BCUT2D eigenvalue weighted by Gasteiger charge is 1.97. The fourth-order valence-electron chi connectivity index (χ4n) is 1.19. The van der Waals surface area contributed by atoms with Gasteiger partial charge in [-0.15, -0.1) is 0 Å². The molecule has 0 aliphatic heterocycles. The van der Waals surface area contributed by atoms with Gasteiger partial charge in [-0.25, -0.2) is 0 Å². The molecule has 1 aromatic heterocycles. The molecule has 0 bridgehead atoms. The minimum atomic E-state index is 0.680. The van der Waals surface area contributed by atoms with Crippen molar-refractivity contribution in [2.24, 2.45) is 0 Å². The van der Waals surface area contributed by atoms with Crippen molar-refractivity contribution in [3.63, 3.8) is 0 Å². The first kappa shape index (κ1) is 8.74. The van der Waals surface area contributed by atoms with Crippen LogP contribution in [0.4, 0.5) is 0 Å². The van der Waals surface area contributed by atoms with E-state index in [9.17, 15) is 0 Å². The molecule has 0 aliphatic carbocycles. The van der Waals surface area contributed by atoms with E-state index in [2.05, 4.69) is 10.2 Å². The fourth-order valence-corrected chi connectivity index (χ4v) is 1.19. The maximum atomic E-state index is 5.33. The summed E-state index contributed by atoms with van der Waals surface area (Å²) in [6.07, 6.45) is 3.30. The molecule has 14 heavy (non-hydrogen) atoms. The molecule has 0 saturated carbocycles. The van der Waals surface area contributed by atoms with Gasteiger partial charge in [-0.05, 0) is 31.2 Å². The predicted octanol–water partition coefficient (Wildman–Crippen LogP) is 1.67. The summed E-state index contributed by atoms with van der Waals surface area (Å²) in [6.45, 7) is 2.64. The summed E-state index contributed by atoms with van der Waals surface area (Å²) in [6, 6.07) is 7.65. The summed E-state index contributed by atoms with van der Waals surface area (Å²) in [5, 5.41) is 8.05. The largest absolute Gasteiger partial charge is 0.494 e. The van der Waals surface area contributed by atoms with Gasteiger partial charge >= 0.3 is 0 Å². The highest BCUT2D eigenvalue weighted by molar-refractivity contribution is 5.35. The molecule has 4 nitrogen and oxygen atoms in total. The van der Waals surface area contributed by atoms with Gasteiger partial charge in [0, 0.05) is 0 Å². The van der Waals surface area contributed by atoms with Crippen LogP contribution in [0.1, 0.15) is 6.92 Å². The average Bonchev–Trinajstić information content (AvgIpc) is 2.72. The third-order valence-electron chi connectivity index (χ3n) is 1.80. The first-order chi connectivity index (χ1) is 6.90. The van der Waals surface area contributed by atoms with E-state index in [1.807, 2.05) is 31.2 Å². The van der Waals surface area contributed by atoms with Crippen molar-refractivity contribution in [1.29, 1.82) is 0 Å². The van der Waals surface area contributed by atoms with Gasteiger partial charge < -0.3 is 4.74 Å². The lowest BCUT2D eigenvalue weighted by atomic mass is 10.3. The van der Waals surface area contributed by atoms with Crippen LogP contribution in [0.15, 0.2) is 36.7 Å². The first-order valence-electron chi connectivity index (χ1n) is 4.49. The van der Waals surface area contributed by atoms with Crippen molar-refractivity contribution in [3.05, 3.63) is 36.7 Å². The van der Waals surface area contributed by atoms with Gasteiger partial charge in [-0.1, -0.05) is 0 Å². The quantitative estimate of drug-likeness (QED) is 0.737. The third kappa shape index (κ3) is 1.74. The first-order valence-corrected chi connectivity index (χ1v) is 4.49. The molecule has 0 amide bonds. The lowest BCUT2D eigenvalue weighted by molar-refractivity contribution is 0.340. The van der Waals surface area contributed by atoms with Crippen molar-refractivity contribution in [1.82, 2.24) is 15.0 Å². The smallest absolute Gasteiger partial charge is 0.119 e. The summed E-state index contributed by atoms with van der Waals surface area (Å²) >= 11 is 0. The number of benzene rings is 1. The third-order valence-corrected chi connectivity index (χ3v) is 1.80. The zero-order chi connectivity index (χ0) is 9.80. The number of rotatable bonds is 3. The lowest BCUT2D eigenvalue weighted by Crippen LogP contribution is -1.98. The number of ether oxygens (including phenoxy) is 1. The van der Waals surface area contributed by atoms with E-state index in [4.69, 9.17) is 4.74 Å². The Balaban J connectivity index is 2.22. The summed E-state index contributed by atoms with van der Waals surface area (Å²) in [7, 11) is 0. The molecule has 72 valence electrons. The predicted molar refractivity (Wildman–Crippen MR) is 52.5 cm³/mol. The Morgan fingerprint density at radius 2 is 1.79 bits per heavy atom. The van der Waals surface area contributed by atoms with E-state index in [-0.39, 0.29) is 0 Å². The molecule has 1 aromatic carbocycles. The van der Waals surface area contributed by atoms with Gasteiger partial charge in [-0.2, -0.15) is 15.0 Å². The number of aromatic nitrogens is 3. The zero-order valence-corrected chi connectivity index (χ0v) is 7.92. The molecular weight excluding hydrogens is 178 g/mol. The van der Waals surface area contributed by atoms with Crippen molar-refractivity contribution >= 4 is 0 Å². The second kappa shape index (κ2) is 3.91. The van der Waals surface area contributed by atoms with E-state index in [0.717, 1.165) is 11.4 Å². The Morgan fingerprint density at radius 1 is 1.14 bits per heavy atom. The molecule has 4 heteroatoms. The van der Waals surface area contributed by atoms with Crippen LogP contribution in [0.3, 0.4) is 0 Å². The number of nitrogens with zero attached hydrogens (tertiary/aromatic N) is 3. The number of hydrogen-bond acceptors (Lipinski definition) is 3. The minimum absolute atomic E-state index is 0.680. The Morgan fingerprint density at radius 3 is 2.36 bits per heavy atom. The fraction of sp³-hybridized carbons (Fsp3) is 0.200. The van der Waals surface area contributed by atoms with Crippen LogP contribution >= 0.6 is 0 Å². The second-order valence-electron chi connectivity index (χ2n) is 2.75. The molecule has 0 fully saturated rings. The molecule has 0 spiro atoms. The number of hydrogen-bond donors (Lipinski definition) is 0. The van der Waals surface area contributed by atoms with Crippen LogP contribution in [0, 0.1) is 0 Å². The van der Waals surface area contributed by atoms with Gasteiger partial charge in [0.25, 0.3) is 0 Å². The lowest BCUT2D eigenvalue weighted by Gasteiger charge is -2.03. The monoisotopic (exact) mass is 189 g/mol. The summed E-state index contributed by atoms with van der Waals surface area (Å²) in [5.41, 5.74) is 0.929. The average molecular weight is 189 g/mol. The van der Waals surface area contributed by atoms with Crippen LogP contribution < -0.4 is 4.74 Å². The van der Waals surface area contributed by atoms with E-state index < -0.39 is 0 Å². The normalized spacial score (nSPS) is 10.1. The molecule has 0 aliphatic rings. The molecule has 0 N–H and O–H groups in total. The second-order valence-corrected chi connectivity index (χ2v) is 2.75. The summed E-state index contributed by atoms with van der Waals surface area (Å²) < 4.78 is 5.33. The van der Waals surface area contributed by atoms with Crippen LogP contribution in [0.2, 0.25) is 0 Å². The van der Waals surface area contributed by atoms with Crippen molar-refractivity contribution in [2.75, 3.05) is 6.61 Å². The van der Waals surface area contributed by atoms with Gasteiger partial charge in [0.1, 0.15) is 5.75 Å². The van der Waals surface area contributed by atoms with Crippen LogP contribution in [0.25, 0.3) is 5.69 Å². The van der Waals surface area contributed by atoms with Crippen molar-refractivity contribution in [3.8, 4) is 11.4 Å². The topological polar surface area (TPSA) is 39.9 Å². The molecule has 0 unspecified atom stereocenters. The Labute approximate surface area is 82.1 Å². The molecular formula is C10H11N3O. The molecule has 1 heterocycles. The standard InChI is InChI=1S/C10H11N3O/c1-2-14-10-5-3-9(4-6-10)13-11-7-8-12-13/h3-8H,2H2,1H3. The molecule has 0 radical (unpaired) electrons. The summed E-state index contributed by atoms with van der Waals surface area (Å²) in [4.78, 5) is 1.57. The molecule has 0 atom stereocenters. The van der Waals surface area contributed by atoms with Crippen molar-refractivity contribution in [2.45, 2.75) is 6.92 Å². The van der Waals surface area contributed by atoms with E-state index in [0.29, 0.717) is 6.61 Å². The Kier molecular flexibility index (Phi) is 2.44. The highest BCUT2D eigenvalue weighted by atomic mass is 16.5. The maximum absolute atomic E-state index is 5.33. The molecule has 0 saturated heterocycles. The zero-order valence-electron chi connectivity index (χ0n) is 7.92. The highest BCUT2D eigenvalue weighted by Crippen LogP contribution is 2.13. The molecule has 2 aromatic rings. The SMILES string of the molecule is CCOc1ccc(-n2nccn2)cc1. The van der Waals surface area contributed by atoms with Gasteiger partial charge in [0.2, 0.25) is 0 Å². The maximum Gasteiger partial charge on any atom is 0.119 e. The van der Waals surface area contributed by atoms with Crippen LogP contribution in [-0.2, 0) is 0 Å². The van der Waals surface area contributed by atoms with Gasteiger partial charge in [-0.3, -0.25) is 0 Å². The van der Waals surface area contributed by atoms with E-state index >= 15 is 0 Å². The molecule has 2 rings (SSSR count). The van der Waals surface area contributed by atoms with Crippen LogP contribution in [-0.4, -0.2) is 21.6 Å². The van der Waals surface area contributed by atoms with Gasteiger partial charge in [0.05, 0.1) is 24.7 Å². The minimum Gasteiger partial charge on any atom is -0.494 e. The van der Waals surface area contributed by atoms with E-state index in [1.165, 1.54) is 0 Å². The van der Waals surface area contributed by atoms with Crippen LogP contribution in [0.5, 0.6) is 5.75 Å². The Hall–Kier alpha value is -1.84.